The molecule has 3 rings (SSSR count). The Balaban J connectivity index is 1.54. The molecular weight excluding hydrogens is 356 g/mol. The molecule has 0 unspecified atom stereocenters. The molecule has 5 nitrogen and oxygen atoms in total. The van der Waals surface area contributed by atoms with E-state index in [0.717, 1.165) is 49.7 Å². The second-order valence-electron chi connectivity index (χ2n) is 6.63. The highest BCUT2D eigenvalue weighted by atomic mass is 32.1. The largest absolute Gasteiger partial charge is 0.494 e. The maximum absolute atomic E-state index is 5.58. The zero-order chi connectivity index (χ0) is 18.9. The van der Waals surface area contributed by atoms with Crippen molar-refractivity contribution >= 4 is 22.3 Å². The molecule has 1 aliphatic heterocycles. The van der Waals surface area contributed by atoms with Crippen LogP contribution in [0.2, 0.25) is 0 Å². The van der Waals surface area contributed by atoms with Gasteiger partial charge in [-0.1, -0.05) is 12.1 Å². The number of piperidine rings is 1. The molecule has 2 aromatic rings. The van der Waals surface area contributed by atoms with E-state index in [9.17, 15) is 0 Å². The highest BCUT2D eigenvalue weighted by Gasteiger charge is 2.20. The lowest BCUT2D eigenvalue weighted by Gasteiger charge is -2.33. The van der Waals surface area contributed by atoms with Crippen LogP contribution in [0.4, 0.5) is 5.00 Å². The van der Waals surface area contributed by atoms with Gasteiger partial charge < -0.3 is 20.3 Å². The Bertz CT molecular complexity index is 709. The van der Waals surface area contributed by atoms with Crippen LogP contribution in [0.3, 0.4) is 0 Å². The van der Waals surface area contributed by atoms with Crippen LogP contribution < -0.4 is 20.3 Å². The van der Waals surface area contributed by atoms with E-state index >= 15 is 0 Å². The van der Waals surface area contributed by atoms with Gasteiger partial charge in [-0.25, -0.2) is 4.99 Å². The van der Waals surface area contributed by atoms with Crippen molar-refractivity contribution in [2.24, 2.45) is 4.99 Å². The van der Waals surface area contributed by atoms with Crippen molar-refractivity contribution in [2.45, 2.75) is 39.3 Å². The number of aliphatic imine (C=N–C) groups is 1. The van der Waals surface area contributed by atoms with Gasteiger partial charge in [0.15, 0.2) is 5.96 Å². The second-order valence-corrected chi connectivity index (χ2v) is 7.56. The number of nitrogens with zero attached hydrogens (tertiary/aromatic N) is 2. The summed E-state index contributed by atoms with van der Waals surface area (Å²) in [6.45, 7) is 8.47. The van der Waals surface area contributed by atoms with Crippen LogP contribution in [-0.2, 0) is 6.54 Å². The Morgan fingerprint density at radius 3 is 2.78 bits per heavy atom. The summed E-state index contributed by atoms with van der Waals surface area (Å²) in [5, 5.41) is 10.5. The third-order valence-electron chi connectivity index (χ3n) is 4.63. The summed E-state index contributed by atoms with van der Waals surface area (Å²) in [5.41, 5.74) is 1.16. The summed E-state index contributed by atoms with van der Waals surface area (Å²) >= 11 is 1.82. The first-order valence-corrected chi connectivity index (χ1v) is 10.7. The normalized spacial score (nSPS) is 15.6. The number of hydrogen-bond donors (Lipinski definition) is 2. The van der Waals surface area contributed by atoms with E-state index in [2.05, 4.69) is 52.1 Å². The van der Waals surface area contributed by atoms with Crippen LogP contribution in [0.25, 0.3) is 0 Å². The summed E-state index contributed by atoms with van der Waals surface area (Å²) in [4.78, 5) is 7.25. The molecular formula is C21H30N4OS. The van der Waals surface area contributed by atoms with Crippen molar-refractivity contribution in [3.05, 3.63) is 47.3 Å². The first-order chi connectivity index (χ1) is 13.3. The fourth-order valence-electron chi connectivity index (χ4n) is 3.28. The number of thiophene rings is 1. The van der Waals surface area contributed by atoms with Crippen LogP contribution in [0, 0.1) is 0 Å². The number of ether oxygens (including phenoxy) is 1. The molecule has 6 heteroatoms. The second kappa shape index (κ2) is 10.2. The summed E-state index contributed by atoms with van der Waals surface area (Å²) in [5.74, 6) is 1.80. The predicted molar refractivity (Wildman–Crippen MR) is 115 cm³/mol. The maximum atomic E-state index is 5.58. The van der Waals surface area contributed by atoms with Gasteiger partial charge in [-0.15, -0.1) is 11.3 Å². The third kappa shape index (κ3) is 5.89. The van der Waals surface area contributed by atoms with Gasteiger partial charge in [0.25, 0.3) is 0 Å². The van der Waals surface area contributed by atoms with E-state index in [-0.39, 0.29) is 0 Å². The third-order valence-corrected chi connectivity index (χ3v) is 5.56. The van der Waals surface area contributed by atoms with Gasteiger partial charge in [0.1, 0.15) is 5.75 Å². The van der Waals surface area contributed by atoms with Crippen molar-refractivity contribution in [3.8, 4) is 5.75 Å². The van der Waals surface area contributed by atoms with E-state index in [1.54, 1.807) is 0 Å². The molecule has 27 heavy (non-hydrogen) atoms. The lowest BCUT2D eigenvalue weighted by molar-refractivity contribution is 0.340. The van der Waals surface area contributed by atoms with Gasteiger partial charge in [0.05, 0.1) is 18.2 Å². The van der Waals surface area contributed by atoms with Gasteiger partial charge in [-0.3, -0.25) is 0 Å². The van der Waals surface area contributed by atoms with Gasteiger partial charge in [-0.2, -0.15) is 0 Å². The molecule has 0 spiro atoms. The molecule has 1 fully saturated rings. The van der Waals surface area contributed by atoms with E-state index in [1.807, 2.05) is 30.4 Å². The quantitative estimate of drug-likeness (QED) is 0.560. The number of benzene rings is 1. The Morgan fingerprint density at radius 2 is 2.07 bits per heavy atom. The zero-order valence-electron chi connectivity index (χ0n) is 16.3. The highest BCUT2D eigenvalue weighted by Crippen LogP contribution is 2.24. The van der Waals surface area contributed by atoms with Gasteiger partial charge in [-0.05, 0) is 61.9 Å². The maximum Gasteiger partial charge on any atom is 0.191 e. The number of guanidine groups is 1. The standard InChI is InChI=1S/C21H30N4OS/c1-3-22-21(23-16-17-7-5-8-19(15-17)26-4-2)24-18-10-12-25(13-11-18)20-9-6-14-27-20/h5-9,14-15,18H,3-4,10-13,16H2,1-2H3,(H2,22,23,24). The average molecular weight is 387 g/mol. The summed E-state index contributed by atoms with van der Waals surface area (Å²) in [7, 11) is 0. The van der Waals surface area contributed by atoms with Crippen molar-refractivity contribution in [1.29, 1.82) is 0 Å². The molecule has 0 radical (unpaired) electrons. The Morgan fingerprint density at radius 1 is 1.22 bits per heavy atom. The minimum absolute atomic E-state index is 0.466. The predicted octanol–water partition coefficient (Wildman–Crippen LogP) is 3.87. The van der Waals surface area contributed by atoms with Gasteiger partial charge >= 0.3 is 0 Å². The highest BCUT2D eigenvalue weighted by molar-refractivity contribution is 7.14. The Hall–Kier alpha value is -2.21. The topological polar surface area (TPSA) is 48.9 Å². The van der Waals surface area contributed by atoms with Crippen LogP contribution in [0.5, 0.6) is 5.75 Å². The molecule has 0 aliphatic carbocycles. The lowest BCUT2D eigenvalue weighted by atomic mass is 10.1. The molecule has 0 saturated carbocycles. The number of rotatable bonds is 7. The number of hydrogen-bond acceptors (Lipinski definition) is 4. The van der Waals surface area contributed by atoms with Crippen LogP contribution in [-0.4, -0.2) is 38.2 Å². The summed E-state index contributed by atoms with van der Waals surface area (Å²) in [6.07, 6.45) is 2.25. The van der Waals surface area contributed by atoms with Gasteiger partial charge in [0, 0.05) is 25.7 Å². The van der Waals surface area contributed by atoms with Crippen molar-refractivity contribution in [3.63, 3.8) is 0 Å². The Labute approximate surface area is 166 Å². The zero-order valence-corrected chi connectivity index (χ0v) is 17.1. The molecule has 0 atom stereocenters. The molecule has 1 saturated heterocycles. The first-order valence-electron chi connectivity index (χ1n) is 9.83. The van der Waals surface area contributed by atoms with Crippen molar-refractivity contribution in [1.82, 2.24) is 10.6 Å². The van der Waals surface area contributed by atoms with Crippen LogP contribution >= 0.6 is 11.3 Å². The number of nitrogens with one attached hydrogen (secondary N) is 2. The molecule has 1 aliphatic rings. The minimum atomic E-state index is 0.466. The fourth-order valence-corrected chi connectivity index (χ4v) is 4.06. The van der Waals surface area contributed by atoms with Crippen LogP contribution in [0.1, 0.15) is 32.3 Å². The van der Waals surface area contributed by atoms with Crippen LogP contribution in [0.15, 0.2) is 46.8 Å². The number of anilines is 1. The Kier molecular flexibility index (Phi) is 7.39. The molecule has 0 bridgehead atoms. The monoisotopic (exact) mass is 386 g/mol. The molecule has 2 heterocycles. The SMILES string of the molecule is CCNC(=NCc1cccc(OCC)c1)NC1CCN(c2cccs2)CC1. The van der Waals surface area contributed by atoms with Crippen molar-refractivity contribution < 1.29 is 4.74 Å². The van der Waals surface area contributed by atoms with E-state index < -0.39 is 0 Å². The minimum Gasteiger partial charge on any atom is -0.494 e. The van der Waals surface area contributed by atoms with E-state index in [4.69, 9.17) is 9.73 Å². The molecule has 1 aromatic heterocycles. The first kappa shape index (κ1) is 19.5. The fraction of sp³-hybridized carbons (Fsp3) is 0.476. The van der Waals surface area contributed by atoms with Crippen molar-refractivity contribution in [2.75, 3.05) is 31.1 Å². The molecule has 0 amide bonds. The van der Waals surface area contributed by atoms with E-state index in [1.165, 1.54) is 5.00 Å². The smallest absolute Gasteiger partial charge is 0.191 e. The lowest BCUT2D eigenvalue weighted by Crippen LogP contribution is -2.48. The molecule has 1 aromatic carbocycles. The summed E-state index contributed by atoms with van der Waals surface area (Å²) < 4.78 is 5.58. The molecule has 2 N–H and O–H groups in total. The average Bonchev–Trinajstić information content (AvgIpc) is 3.22. The van der Waals surface area contributed by atoms with Gasteiger partial charge in [0.2, 0.25) is 0 Å². The molecule has 146 valence electrons. The summed E-state index contributed by atoms with van der Waals surface area (Å²) in [6, 6.07) is 13.0. The van der Waals surface area contributed by atoms with E-state index in [0.29, 0.717) is 19.2 Å².